The number of nitrogens with zero attached hydrogens (tertiary/aromatic N) is 2. The topological polar surface area (TPSA) is 75.7 Å². The van der Waals surface area contributed by atoms with E-state index in [9.17, 15) is 4.79 Å². The van der Waals surface area contributed by atoms with Crippen LogP contribution in [-0.4, -0.2) is 37.3 Å². The number of amides is 2. The van der Waals surface area contributed by atoms with Crippen molar-refractivity contribution in [1.82, 2.24) is 10.3 Å². The molecule has 1 saturated heterocycles. The Morgan fingerprint density at radius 1 is 1.17 bits per heavy atom. The van der Waals surface area contributed by atoms with Crippen LogP contribution in [0.5, 0.6) is 5.75 Å². The molecule has 0 radical (unpaired) electrons. The van der Waals surface area contributed by atoms with Crippen molar-refractivity contribution in [3.05, 3.63) is 70.5 Å². The van der Waals surface area contributed by atoms with Gasteiger partial charge in [0.05, 0.1) is 13.2 Å². The highest BCUT2D eigenvalue weighted by molar-refractivity contribution is 7.09. The van der Waals surface area contributed by atoms with Crippen LogP contribution in [0.25, 0.3) is 0 Å². The first-order chi connectivity index (χ1) is 14.8. The zero-order valence-corrected chi connectivity index (χ0v) is 17.4. The maximum atomic E-state index is 12.2. The van der Waals surface area contributed by atoms with Crippen LogP contribution < -0.4 is 20.3 Å². The summed E-state index contributed by atoms with van der Waals surface area (Å²) in [6, 6.07) is 15.0. The highest BCUT2D eigenvalue weighted by Crippen LogP contribution is 2.19. The molecule has 8 heteroatoms. The molecule has 1 fully saturated rings. The van der Waals surface area contributed by atoms with E-state index in [0.29, 0.717) is 32.1 Å². The number of pyridine rings is 1. The summed E-state index contributed by atoms with van der Waals surface area (Å²) in [4.78, 5) is 20.0. The lowest BCUT2D eigenvalue weighted by Gasteiger charge is -2.28. The van der Waals surface area contributed by atoms with Crippen molar-refractivity contribution in [3.8, 4) is 5.75 Å². The summed E-state index contributed by atoms with van der Waals surface area (Å²) in [7, 11) is 0. The molecule has 2 amide bonds. The normalized spacial score (nSPS) is 13.7. The van der Waals surface area contributed by atoms with Crippen LogP contribution in [-0.2, 0) is 17.9 Å². The van der Waals surface area contributed by atoms with E-state index in [-0.39, 0.29) is 6.03 Å². The fourth-order valence-corrected chi connectivity index (χ4v) is 3.69. The van der Waals surface area contributed by atoms with Crippen molar-refractivity contribution in [2.75, 3.05) is 36.5 Å². The number of urea groups is 1. The van der Waals surface area contributed by atoms with Crippen LogP contribution in [0.4, 0.5) is 16.3 Å². The predicted molar refractivity (Wildman–Crippen MR) is 118 cm³/mol. The van der Waals surface area contributed by atoms with Crippen molar-refractivity contribution in [2.45, 2.75) is 13.2 Å². The van der Waals surface area contributed by atoms with Gasteiger partial charge in [0.2, 0.25) is 0 Å². The van der Waals surface area contributed by atoms with Gasteiger partial charge in [-0.2, -0.15) is 0 Å². The zero-order valence-electron chi connectivity index (χ0n) is 16.5. The smallest absolute Gasteiger partial charge is 0.319 e. The van der Waals surface area contributed by atoms with Crippen molar-refractivity contribution in [2.24, 2.45) is 0 Å². The van der Waals surface area contributed by atoms with Gasteiger partial charge < -0.3 is 25.0 Å². The molecule has 1 aliphatic heterocycles. The van der Waals surface area contributed by atoms with E-state index in [1.165, 1.54) is 4.88 Å². The summed E-state index contributed by atoms with van der Waals surface area (Å²) in [5.74, 6) is 1.68. The lowest BCUT2D eigenvalue weighted by molar-refractivity contribution is 0.122. The van der Waals surface area contributed by atoms with Crippen molar-refractivity contribution >= 4 is 28.9 Å². The molecule has 0 unspecified atom stereocenters. The molecule has 7 nitrogen and oxygen atoms in total. The highest BCUT2D eigenvalue weighted by Gasteiger charge is 2.12. The number of carbonyl (C=O) groups is 1. The van der Waals surface area contributed by atoms with E-state index in [0.717, 1.165) is 30.2 Å². The van der Waals surface area contributed by atoms with E-state index in [1.807, 2.05) is 53.9 Å². The Hall–Kier alpha value is -3.10. The van der Waals surface area contributed by atoms with Crippen molar-refractivity contribution < 1.29 is 14.3 Å². The lowest BCUT2D eigenvalue weighted by atomic mass is 10.2. The third-order valence-corrected chi connectivity index (χ3v) is 5.52. The Morgan fingerprint density at radius 2 is 2.00 bits per heavy atom. The first-order valence-corrected chi connectivity index (χ1v) is 10.7. The number of rotatable bonds is 7. The standard InChI is InChI=1S/C22H24N4O3S/c27-22(24-15-17-7-8-23-21(14-17)26-9-11-28-12-10-26)25-18-3-5-19(6-4-18)29-16-20-2-1-13-30-20/h1-8,13-14H,9-12,15-16H2,(H2,24,25,27). The van der Waals surface area contributed by atoms with Crippen LogP contribution in [0.2, 0.25) is 0 Å². The number of aromatic nitrogens is 1. The van der Waals surface area contributed by atoms with Gasteiger partial charge in [0.25, 0.3) is 0 Å². The average Bonchev–Trinajstić information content (AvgIpc) is 3.32. The van der Waals surface area contributed by atoms with Crippen molar-refractivity contribution in [3.63, 3.8) is 0 Å². The van der Waals surface area contributed by atoms with Gasteiger partial charge in [-0.15, -0.1) is 11.3 Å². The Morgan fingerprint density at radius 3 is 2.77 bits per heavy atom. The van der Waals surface area contributed by atoms with Crippen LogP contribution in [0.1, 0.15) is 10.4 Å². The molecule has 0 aliphatic carbocycles. The Balaban J connectivity index is 1.24. The molecule has 4 rings (SSSR count). The van der Waals surface area contributed by atoms with Gasteiger partial charge >= 0.3 is 6.03 Å². The Kier molecular flexibility index (Phi) is 6.79. The largest absolute Gasteiger partial charge is 0.488 e. The molecule has 0 atom stereocenters. The number of ether oxygens (including phenoxy) is 2. The zero-order chi connectivity index (χ0) is 20.6. The molecule has 2 N–H and O–H groups in total. The van der Waals surface area contributed by atoms with Crippen LogP contribution >= 0.6 is 11.3 Å². The molecule has 3 aromatic rings. The second-order valence-corrected chi connectivity index (χ2v) is 7.85. The lowest BCUT2D eigenvalue weighted by Crippen LogP contribution is -2.36. The fraction of sp³-hybridized carbons (Fsp3) is 0.273. The monoisotopic (exact) mass is 424 g/mol. The summed E-state index contributed by atoms with van der Waals surface area (Å²) in [5.41, 5.74) is 1.71. The number of hydrogen-bond donors (Lipinski definition) is 2. The number of carbonyl (C=O) groups excluding carboxylic acids is 1. The van der Waals surface area contributed by atoms with Crippen molar-refractivity contribution in [1.29, 1.82) is 0 Å². The summed E-state index contributed by atoms with van der Waals surface area (Å²) in [5, 5.41) is 7.75. The van der Waals surface area contributed by atoms with Gasteiger partial charge in [0.15, 0.2) is 0 Å². The first-order valence-electron chi connectivity index (χ1n) is 9.84. The second kappa shape index (κ2) is 10.1. The second-order valence-electron chi connectivity index (χ2n) is 6.82. The number of hydrogen-bond acceptors (Lipinski definition) is 6. The summed E-state index contributed by atoms with van der Waals surface area (Å²) in [6.45, 7) is 4.06. The molecule has 156 valence electrons. The number of anilines is 2. The molecule has 1 aromatic carbocycles. The summed E-state index contributed by atoms with van der Waals surface area (Å²) < 4.78 is 11.1. The number of thiophene rings is 1. The Bertz CT molecular complexity index is 941. The number of nitrogens with one attached hydrogen (secondary N) is 2. The molecule has 30 heavy (non-hydrogen) atoms. The quantitative estimate of drug-likeness (QED) is 0.602. The molecule has 1 aliphatic rings. The van der Waals surface area contributed by atoms with Crippen LogP contribution in [0.15, 0.2) is 60.1 Å². The van der Waals surface area contributed by atoms with E-state index in [4.69, 9.17) is 9.47 Å². The van der Waals surface area contributed by atoms with E-state index in [2.05, 4.69) is 20.5 Å². The minimum absolute atomic E-state index is 0.257. The van der Waals surface area contributed by atoms with Gasteiger partial charge in [-0.1, -0.05) is 6.07 Å². The molecule has 3 heterocycles. The minimum Gasteiger partial charge on any atom is -0.488 e. The molecular weight excluding hydrogens is 400 g/mol. The minimum atomic E-state index is -0.257. The average molecular weight is 425 g/mol. The van der Waals surface area contributed by atoms with Crippen LogP contribution in [0, 0.1) is 0 Å². The third-order valence-electron chi connectivity index (χ3n) is 4.67. The maximum Gasteiger partial charge on any atom is 0.319 e. The Labute approximate surface area is 179 Å². The molecule has 0 bridgehead atoms. The number of benzene rings is 1. The number of morpholine rings is 1. The molecule has 2 aromatic heterocycles. The summed E-state index contributed by atoms with van der Waals surface area (Å²) >= 11 is 1.66. The van der Waals surface area contributed by atoms with E-state index < -0.39 is 0 Å². The maximum absolute atomic E-state index is 12.2. The van der Waals surface area contributed by atoms with Gasteiger partial charge in [0.1, 0.15) is 18.2 Å². The predicted octanol–water partition coefficient (Wildman–Crippen LogP) is 3.88. The third kappa shape index (κ3) is 5.71. The van der Waals surface area contributed by atoms with Gasteiger partial charge in [-0.25, -0.2) is 9.78 Å². The highest BCUT2D eigenvalue weighted by atomic mass is 32.1. The summed E-state index contributed by atoms with van der Waals surface area (Å²) in [6.07, 6.45) is 1.77. The van der Waals surface area contributed by atoms with Gasteiger partial charge in [-0.05, 0) is 53.4 Å². The molecule has 0 saturated carbocycles. The SMILES string of the molecule is O=C(NCc1ccnc(N2CCOCC2)c1)Nc1ccc(OCc2cccs2)cc1. The first kappa shape index (κ1) is 20.2. The molecule has 0 spiro atoms. The van der Waals surface area contributed by atoms with Crippen LogP contribution in [0.3, 0.4) is 0 Å². The van der Waals surface area contributed by atoms with E-state index in [1.54, 1.807) is 17.5 Å². The molecular formula is C22H24N4O3S. The van der Waals surface area contributed by atoms with Gasteiger partial charge in [-0.3, -0.25) is 0 Å². The van der Waals surface area contributed by atoms with E-state index >= 15 is 0 Å². The fourth-order valence-electron chi connectivity index (χ4n) is 3.08. The van der Waals surface area contributed by atoms with Gasteiger partial charge in [0, 0.05) is 36.4 Å².